The van der Waals surface area contributed by atoms with Crippen molar-refractivity contribution in [2.45, 2.75) is 58.7 Å². The van der Waals surface area contributed by atoms with Gasteiger partial charge >= 0.3 is 0 Å². The number of ether oxygens (including phenoxy) is 2. The molecule has 1 aliphatic heterocycles. The van der Waals surface area contributed by atoms with Crippen LogP contribution in [0, 0.1) is 5.92 Å². The highest BCUT2D eigenvalue weighted by Crippen LogP contribution is 2.34. The van der Waals surface area contributed by atoms with E-state index < -0.39 is 0 Å². The highest BCUT2D eigenvalue weighted by Gasteiger charge is 2.40. The monoisotopic (exact) mass is 262 g/mol. The van der Waals surface area contributed by atoms with Gasteiger partial charge in [0.15, 0.2) is 0 Å². The molecule has 0 spiro atoms. The van der Waals surface area contributed by atoms with Crippen LogP contribution in [-0.4, -0.2) is 19.3 Å². The Morgan fingerprint density at radius 1 is 1.26 bits per heavy atom. The van der Waals surface area contributed by atoms with Crippen molar-refractivity contribution in [1.82, 2.24) is 0 Å². The summed E-state index contributed by atoms with van der Waals surface area (Å²) in [6, 6.07) is 6.58. The molecule has 0 radical (unpaired) electrons. The Bertz CT molecular complexity index is 425. The van der Waals surface area contributed by atoms with Crippen LogP contribution in [0.3, 0.4) is 0 Å². The van der Waals surface area contributed by atoms with Crippen molar-refractivity contribution in [3.8, 4) is 5.75 Å². The molecule has 1 saturated heterocycles. The fourth-order valence-corrected chi connectivity index (χ4v) is 2.84. The molecular weight excluding hydrogens is 236 g/mol. The van der Waals surface area contributed by atoms with Crippen molar-refractivity contribution in [1.29, 1.82) is 0 Å². The van der Waals surface area contributed by atoms with Gasteiger partial charge in [0, 0.05) is 0 Å². The van der Waals surface area contributed by atoms with Gasteiger partial charge in [0.2, 0.25) is 0 Å². The third-order valence-electron chi connectivity index (χ3n) is 4.06. The normalized spacial score (nSPS) is 23.5. The standard InChI is InChI=1S/C17H26O2/c1-6-15-17(19-15)12(4)9-13-7-8-16(18-5)14(10-13)11(2)3/h7-8,10-12,15,17H,6,9H2,1-5H3. The second-order valence-electron chi connectivity index (χ2n) is 5.96. The molecule has 2 rings (SSSR count). The van der Waals surface area contributed by atoms with Crippen LogP contribution in [0.5, 0.6) is 5.75 Å². The van der Waals surface area contributed by atoms with Crippen LogP contribution in [0.25, 0.3) is 0 Å². The van der Waals surface area contributed by atoms with E-state index in [2.05, 4.69) is 45.9 Å². The predicted molar refractivity (Wildman–Crippen MR) is 78.9 cm³/mol. The van der Waals surface area contributed by atoms with Crippen LogP contribution >= 0.6 is 0 Å². The number of hydrogen-bond donors (Lipinski definition) is 0. The number of hydrogen-bond acceptors (Lipinski definition) is 2. The highest BCUT2D eigenvalue weighted by molar-refractivity contribution is 5.39. The highest BCUT2D eigenvalue weighted by atomic mass is 16.6. The van der Waals surface area contributed by atoms with E-state index in [1.807, 2.05) is 0 Å². The van der Waals surface area contributed by atoms with Crippen molar-refractivity contribution in [3.63, 3.8) is 0 Å². The number of rotatable bonds is 6. The van der Waals surface area contributed by atoms with E-state index in [1.54, 1.807) is 7.11 Å². The van der Waals surface area contributed by atoms with E-state index in [1.165, 1.54) is 11.1 Å². The maximum atomic E-state index is 5.70. The minimum Gasteiger partial charge on any atom is -0.496 e. The molecule has 0 N–H and O–H groups in total. The molecule has 2 nitrogen and oxygen atoms in total. The Balaban J connectivity index is 2.06. The molecule has 19 heavy (non-hydrogen) atoms. The van der Waals surface area contributed by atoms with Crippen LogP contribution in [0.2, 0.25) is 0 Å². The first-order chi connectivity index (χ1) is 9.06. The smallest absolute Gasteiger partial charge is 0.122 e. The number of methoxy groups -OCH3 is 1. The molecular formula is C17H26O2. The molecule has 0 aliphatic carbocycles. The van der Waals surface area contributed by atoms with Crippen LogP contribution < -0.4 is 4.74 Å². The summed E-state index contributed by atoms with van der Waals surface area (Å²) in [7, 11) is 1.74. The van der Waals surface area contributed by atoms with Crippen molar-refractivity contribution in [2.75, 3.05) is 7.11 Å². The molecule has 0 aromatic heterocycles. The lowest BCUT2D eigenvalue weighted by molar-refractivity contribution is 0.322. The molecule has 2 heteroatoms. The van der Waals surface area contributed by atoms with Gasteiger partial charge in [0.05, 0.1) is 19.3 Å². The van der Waals surface area contributed by atoms with Crippen molar-refractivity contribution in [2.24, 2.45) is 5.92 Å². The minimum atomic E-state index is 0.467. The van der Waals surface area contributed by atoms with E-state index in [4.69, 9.17) is 9.47 Å². The molecule has 1 fully saturated rings. The van der Waals surface area contributed by atoms with Crippen LogP contribution in [0.15, 0.2) is 18.2 Å². The summed E-state index contributed by atoms with van der Waals surface area (Å²) in [6.07, 6.45) is 3.19. The molecule has 0 amide bonds. The summed E-state index contributed by atoms with van der Waals surface area (Å²) < 4.78 is 11.1. The summed E-state index contributed by atoms with van der Waals surface area (Å²) in [5, 5.41) is 0. The van der Waals surface area contributed by atoms with Crippen LogP contribution in [0.4, 0.5) is 0 Å². The summed E-state index contributed by atoms with van der Waals surface area (Å²) in [5.41, 5.74) is 2.69. The van der Waals surface area contributed by atoms with Gasteiger partial charge in [-0.3, -0.25) is 0 Å². The van der Waals surface area contributed by atoms with Gasteiger partial charge in [-0.05, 0) is 41.9 Å². The van der Waals surface area contributed by atoms with E-state index in [0.717, 1.165) is 18.6 Å². The predicted octanol–water partition coefficient (Wildman–Crippen LogP) is 4.17. The number of benzene rings is 1. The molecule has 1 aromatic rings. The van der Waals surface area contributed by atoms with Crippen LogP contribution in [0.1, 0.15) is 51.2 Å². The second kappa shape index (κ2) is 5.96. The topological polar surface area (TPSA) is 21.8 Å². The van der Waals surface area contributed by atoms with Gasteiger partial charge in [-0.25, -0.2) is 0 Å². The number of epoxide rings is 1. The average molecular weight is 262 g/mol. The second-order valence-corrected chi connectivity index (χ2v) is 5.96. The molecule has 1 heterocycles. The first kappa shape index (κ1) is 14.4. The maximum absolute atomic E-state index is 5.70. The minimum absolute atomic E-state index is 0.467. The van der Waals surface area contributed by atoms with Gasteiger partial charge < -0.3 is 9.47 Å². The Morgan fingerprint density at radius 3 is 2.53 bits per heavy atom. The molecule has 3 atom stereocenters. The Hall–Kier alpha value is -1.02. The fraction of sp³-hybridized carbons (Fsp3) is 0.647. The summed E-state index contributed by atoms with van der Waals surface area (Å²) in [5.74, 6) is 2.09. The Kier molecular flexibility index (Phi) is 4.51. The maximum Gasteiger partial charge on any atom is 0.122 e. The Morgan fingerprint density at radius 2 is 2.00 bits per heavy atom. The summed E-state index contributed by atoms with van der Waals surface area (Å²) in [6.45, 7) is 8.91. The lowest BCUT2D eigenvalue weighted by Gasteiger charge is -2.15. The van der Waals surface area contributed by atoms with Crippen molar-refractivity contribution >= 4 is 0 Å². The zero-order chi connectivity index (χ0) is 14.0. The molecule has 1 aromatic carbocycles. The third-order valence-corrected chi connectivity index (χ3v) is 4.06. The zero-order valence-corrected chi connectivity index (χ0v) is 12.8. The molecule has 0 bridgehead atoms. The van der Waals surface area contributed by atoms with Crippen molar-refractivity contribution in [3.05, 3.63) is 29.3 Å². The van der Waals surface area contributed by atoms with E-state index in [9.17, 15) is 0 Å². The average Bonchev–Trinajstić information content (AvgIpc) is 3.18. The van der Waals surface area contributed by atoms with Crippen molar-refractivity contribution < 1.29 is 9.47 Å². The first-order valence-corrected chi connectivity index (χ1v) is 7.39. The largest absolute Gasteiger partial charge is 0.496 e. The third kappa shape index (κ3) is 3.30. The van der Waals surface area contributed by atoms with E-state index in [-0.39, 0.29) is 0 Å². The van der Waals surface area contributed by atoms with E-state index in [0.29, 0.717) is 24.0 Å². The van der Waals surface area contributed by atoms with Gasteiger partial charge in [-0.2, -0.15) is 0 Å². The first-order valence-electron chi connectivity index (χ1n) is 7.39. The van der Waals surface area contributed by atoms with Gasteiger partial charge in [-0.15, -0.1) is 0 Å². The van der Waals surface area contributed by atoms with Crippen LogP contribution in [-0.2, 0) is 11.2 Å². The van der Waals surface area contributed by atoms with Gasteiger partial charge in [0.25, 0.3) is 0 Å². The molecule has 106 valence electrons. The van der Waals surface area contributed by atoms with Gasteiger partial charge in [-0.1, -0.05) is 39.8 Å². The lowest BCUT2D eigenvalue weighted by atomic mass is 9.92. The zero-order valence-electron chi connectivity index (χ0n) is 12.8. The molecule has 3 unspecified atom stereocenters. The molecule has 0 saturated carbocycles. The summed E-state index contributed by atoms with van der Waals surface area (Å²) in [4.78, 5) is 0. The fourth-order valence-electron chi connectivity index (χ4n) is 2.84. The SMILES string of the molecule is CCC1OC1C(C)Cc1ccc(OC)c(C(C)C)c1. The summed E-state index contributed by atoms with van der Waals surface area (Å²) >= 11 is 0. The lowest BCUT2D eigenvalue weighted by Crippen LogP contribution is -2.10. The van der Waals surface area contributed by atoms with E-state index >= 15 is 0 Å². The van der Waals surface area contributed by atoms with Gasteiger partial charge in [0.1, 0.15) is 5.75 Å². The molecule has 1 aliphatic rings. The Labute approximate surface area is 117 Å². The quantitative estimate of drug-likeness (QED) is 0.718.